The number of anilines is 1. The first-order valence-electron chi connectivity index (χ1n) is 7.04. The summed E-state index contributed by atoms with van der Waals surface area (Å²) in [6.07, 6.45) is 0. The second-order valence-electron chi connectivity index (χ2n) is 5.24. The molecule has 1 aromatic carbocycles. The highest BCUT2D eigenvalue weighted by Crippen LogP contribution is 2.28. The van der Waals surface area contributed by atoms with Gasteiger partial charge in [0.15, 0.2) is 5.82 Å². The van der Waals surface area contributed by atoms with Crippen molar-refractivity contribution >= 4 is 28.5 Å². The van der Waals surface area contributed by atoms with Gasteiger partial charge in [-0.25, -0.2) is 9.97 Å². The molecule has 2 heterocycles. The molecule has 3 rings (SSSR count). The number of nitrogens with zero attached hydrogens (tertiary/aromatic N) is 3. The number of nitrogens with one attached hydrogen (secondary N) is 1. The molecule has 0 amide bonds. The molecule has 0 fully saturated rings. The topological polar surface area (TPSA) is 65.0 Å². The van der Waals surface area contributed by atoms with E-state index in [9.17, 15) is 5.11 Å². The van der Waals surface area contributed by atoms with Crippen molar-refractivity contribution in [3.63, 3.8) is 0 Å². The van der Waals surface area contributed by atoms with Crippen molar-refractivity contribution < 1.29 is 5.11 Å². The average molecular weight is 317 g/mol. The summed E-state index contributed by atoms with van der Waals surface area (Å²) < 4.78 is 0. The zero-order valence-electron chi connectivity index (χ0n) is 12.5. The SMILES string of the molecule is Cc1cc2c(N(C)CCO)nc(-c3cccc(Cl)c3)nc2[nH]1. The van der Waals surface area contributed by atoms with E-state index in [4.69, 9.17) is 11.6 Å². The van der Waals surface area contributed by atoms with Gasteiger partial charge in [-0.05, 0) is 25.1 Å². The Hall–Kier alpha value is -2.11. The van der Waals surface area contributed by atoms with E-state index >= 15 is 0 Å². The lowest BCUT2D eigenvalue weighted by Crippen LogP contribution is -2.22. The summed E-state index contributed by atoms with van der Waals surface area (Å²) in [5.41, 5.74) is 2.66. The first-order valence-corrected chi connectivity index (χ1v) is 7.41. The van der Waals surface area contributed by atoms with E-state index in [2.05, 4.69) is 15.0 Å². The number of benzene rings is 1. The summed E-state index contributed by atoms with van der Waals surface area (Å²) in [6.45, 7) is 2.56. The third-order valence-electron chi connectivity index (χ3n) is 3.48. The summed E-state index contributed by atoms with van der Waals surface area (Å²) in [5.74, 6) is 1.40. The number of H-pyrrole nitrogens is 1. The first kappa shape index (κ1) is 14.8. The highest BCUT2D eigenvalue weighted by atomic mass is 35.5. The van der Waals surface area contributed by atoms with E-state index in [1.54, 1.807) is 0 Å². The lowest BCUT2D eigenvalue weighted by atomic mass is 10.2. The molecule has 114 valence electrons. The smallest absolute Gasteiger partial charge is 0.163 e. The van der Waals surface area contributed by atoms with Crippen LogP contribution in [0.1, 0.15) is 5.69 Å². The normalized spacial score (nSPS) is 11.1. The van der Waals surface area contributed by atoms with Gasteiger partial charge in [-0.1, -0.05) is 23.7 Å². The summed E-state index contributed by atoms with van der Waals surface area (Å²) in [7, 11) is 1.90. The van der Waals surface area contributed by atoms with Gasteiger partial charge in [0, 0.05) is 29.9 Å². The Morgan fingerprint density at radius 2 is 2.09 bits per heavy atom. The molecule has 0 unspecified atom stereocenters. The zero-order chi connectivity index (χ0) is 15.7. The Balaban J connectivity index is 2.19. The highest BCUT2D eigenvalue weighted by molar-refractivity contribution is 6.30. The molecular formula is C16H17ClN4O. The van der Waals surface area contributed by atoms with Gasteiger partial charge in [0.1, 0.15) is 11.5 Å². The van der Waals surface area contributed by atoms with Gasteiger partial charge < -0.3 is 15.0 Å². The van der Waals surface area contributed by atoms with Crippen LogP contribution in [0, 0.1) is 6.92 Å². The second kappa shape index (κ2) is 5.94. The van der Waals surface area contributed by atoms with E-state index in [1.807, 2.05) is 49.2 Å². The fraction of sp³-hybridized carbons (Fsp3) is 0.250. The lowest BCUT2D eigenvalue weighted by Gasteiger charge is -2.18. The van der Waals surface area contributed by atoms with Gasteiger partial charge in [-0.3, -0.25) is 0 Å². The van der Waals surface area contributed by atoms with Crippen LogP contribution >= 0.6 is 11.6 Å². The van der Waals surface area contributed by atoms with Crippen molar-refractivity contribution in [2.24, 2.45) is 0 Å². The Labute approximate surface area is 133 Å². The quantitative estimate of drug-likeness (QED) is 0.776. The van der Waals surface area contributed by atoms with Crippen molar-refractivity contribution in [1.82, 2.24) is 15.0 Å². The number of aromatic amines is 1. The molecule has 2 aromatic heterocycles. The number of hydrogen-bond donors (Lipinski definition) is 2. The van der Waals surface area contributed by atoms with E-state index in [1.165, 1.54) is 0 Å². The summed E-state index contributed by atoms with van der Waals surface area (Å²) in [4.78, 5) is 14.4. The van der Waals surface area contributed by atoms with Gasteiger partial charge >= 0.3 is 0 Å². The van der Waals surface area contributed by atoms with Crippen LogP contribution < -0.4 is 4.90 Å². The third kappa shape index (κ3) is 2.77. The molecule has 3 aromatic rings. The summed E-state index contributed by atoms with van der Waals surface area (Å²) in [6, 6.07) is 9.48. The predicted octanol–water partition coefficient (Wildman–Crippen LogP) is 3.02. The Morgan fingerprint density at radius 1 is 1.27 bits per heavy atom. The standard InChI is InChI=1S/C16H17ClN4O/c1-10-8-13-15(18-10)19-14(11-4-3-5-12(17)9-11)20-16(13)21(2)6-7-22/h3-5,8-9,22H,6-7H2,1-2H3,(H,18,19,20). The van der Waals surface area contributed by atoms with Crippen LogP contribution in [0.5, 0.6) is 0 Å². The van der Waals surface area contributed by atoms with Gasteiger partial charge in [0.25, 0.3) is 0 Å². The van der Waals surface area contributed by atoms with E-state index < -0.39 is 0 Å². The molecule has 0 saturated heterocycles. The summed E-state index contributed by atoms with van der Waals surface area (Å²) in [5, 5.41) is 10.8. The summed E-state index contributed by atoms with van der Waals surface area (Å²) >= 11 is 6.06. The van der Waals surface area contributed by atoms with E-state index in [0.29, 0.717) is 17.4 Å². The number of fused-ring (bicyclic) bond motifs is 1. The average Bonchev–Trinajstić information content (AvgIpc) is 2.86. The van der Waals surface area contributed by atoms with E-state index in [-0.39, 0.29) is 6.61 Å². The molecular weight excluding hydrogens is 300 g/mol. The number of aromatic nitrogens is 3. The van der Waals surface area contributed by atoms with Crippen LogP contribution in [0.15, 0.2) is 30.3 Å². The van der Waals surface area contributed by atoms with Crippen LogP contribution in [0.25, 0.3) is 22.4 Å². The van der Waals surface area contributed by atoms with Crippen molar-refractivity contribution in [3.8, 4) is 11.4 Å². The molecule has 0 atom stereocenters. The minimum absolute atomic E-state index is 0.0674. The van der Waals surface area contributed by atoms with Crippen molar-refractivity contribution in [3.05, 3.63) is 41.0 Å². The van der Waals surface area contributed by atoms with Crippen molar-refractivity contribution in [1.29, 1.82) is 0 Å². The van der Waals surface area contributed by atoms with Crippen molar-refractivity contribution in [2.75, 3.05) is 25.1 Å². The Kier molecular flexibility index (Phi) is 4.00. The van der Waals surface area contributed by atoms with Gasteiger partial charge in [-0.2, -0.15) is 0 Å². The third-order valence-corrected chi connectivity index (χ3v) is 3.72. The fourth-order valence-electron chi connectivity index (χ4n) is 2.43. The molecule has 0 bridgehead atoms. The molecule has 0 aliphatic rings. The maximum absolute atomic E-state index is 9.19. The Bertz CT molecular complexity index is 815. The molecule has 0 aliphatic carbocycles. The molecule has 2 N–H and O–H groups in total. The molecule has 0 spiro atoms. The molecule has 22 heavy (non-hydrogen) atoms. The highest BCUT2D eigenvalue weighted by Gasteiger charge is 2.14. The molecule has 0 aliphatic heterocycles. The minimum Gasteiger partial charge on any atom is -0.395 e. The number of halogens is 1. The monoisotopic (exact) mass is 316 g/mol. The number of hydrogen-bond acceptors (Lipinski definition) is 4. The molecule has 0 radical (unpaired) electrons. The molecule has 5 nitrogen and oxygen atoms in total. The lowest BCUT2D eigenvalue weighted by molar-refractivity contribution is 0.304. The first-order chi connectivity index (χ1) is 10.6. The van der Waals surface area contributed by atoms with Crippen LogP contribution in [0.3, 0.4) is 0 Å². The predicted molar refractivity (Wildman–Crippen MR) is 89.4 cm³/mol. The zero-order valence-corrected chi connectivity index (χ0v) is 13.2. The van der Waals surface area contributed by atoms with Crippen LogP contribution in [-0.2, 0) is 0 Å². The largest absolute Gasteiger partial charge is 0.395 e. The number of rotatable bonds is 4. The number of aryl methyl sites for hydroxylation is 1. The van der Waals surface area contributed by atoms with Gasteiger partial charge in [-0.15, -0.1) is 0 Å². The van der Waals surface area contributed by atoms with Gasteiger partial charge in [0.2, 0.25) is 0 Å². The Morgan fingerprint density at radius 3 is 2.82 bits per heavy atom. The van der Waals surface area contributed by atoms with Crippen LogP contribution in [0.2, 0.25) is 5.02 Å². The molecule has 6 heteroatoms. The second-order valence-corrected chi connectivity index (χ2v) is 5.68. The van der Waals surface area contributed by atoms with Crippen LogP contribution in [0.4, 0.5) is 5.82 Å². The number of aliphatic hydroxyl groups excluding tert-OH is 1. The fourth-order valence-corrected chi connectivity index (χ4v) is 2.62. The number of likely N-dealkylation sites (N-methyl/N-ethyl adjacent to an activating group) is 1. The van der Waals surface area contributed by atoms with Gasteiger partial charge in [0.05, 0.1) is 12.0 Å². The number of aliphatic hydroxyl groups is 1. The maximum Gasteiger partial charge on any atom is 0.163 e. The minimum atomic E-state index is 0.0674. The van der Waals surface area contributed by atoms with Crippen molar-refractivity contribution in [2.45, 2.75) is 6.92 Å². The molecule has 0 saturated carbocycles. The van der Waals surface area contributed by atoms with E-state index in [0.717, 1.165) is 28.1 Å². The maximum atomic E-state index is 9.19. The van der Waals surface area contributed by atoms with Crippen LogP contribution in [-0.4, -0.2) is 40.3 Å².